The first-order valence-corrected chi connectivity index (χ1v) is 7.10. The Morgan fingerprint density at radius 1 is 1.53 bits per heavy atom. The molecule has 0 aromatic carbocycles. The third-order valence-corrected chi connectivity index (χ3v) is 4.92. The molecule has 1 aliphatic carbocycles. The fourth-order valence-corrected chi connectivity index (χ4v) is 3.89. The van der Waals surface area contributed by atoms with Gasteiger partial charge in [0.2, 0.25) is 0 Å². The van der Waals surface area contributed by atoms with E-state index in [1.54, 1.807) is 7.05 Å². The van der Waals surface area contributed by atoms with E-state index in [1.165, 1.54) is 16.9 Å². The monoisotopic (exact) mass is 259 g/mol. The van der Waals surface area contributed by atoms with Crippen LogP contribution in [0.5, 0.6) is 0 Å². The van der Waals surface area contributed by atoms with Crippen LogP contribution in [0.25, 0.3) is 0 Å². The number of nitrogens with zero attached hydrogens (tertiary/aromatic N) is 2. The molecule has 6 nitrogen and oxygen atoms in total. The zero-order chi connectivity index (χ0) is 12.5. The normalized spacial score (nSPS) is 19.6. The molecule has 1 saturated carbocycles. The summed E-state index contributed by atoms with van der Waals surface area (Å²) in [6.07, 6.45) is 4.68. The molecule has 1 aliphatic rings. The van der Waals surface area contributed by atoms with Crippen LogP contribution in [0.15, 0.2) is 17.3 Å². The second-order valence-corrected chi connectivity index (χ2v) is 6.17. The molecule has 0 aliphatic heterocycles. The topological polar surface area (TPSA) is 84.2 Å². The number of aliphatic hydroxyl groups is 1. The summed E-state index contributed by atoms with van der Waals surface area (Å²) >= 11 is 0. The number of aliphatic hydroxyl groups excluding tert-OH is 1. The lowest BCUT2D eigenvalue weighted by atomic mass is 10.0. The Hall–Kier alpha value is -0.920. The van der Waals surface area contributed by atoms with Gasteiger partial charge in [-0.2, -0.15) is 5.10 Å². The van der Waals surface area contributed by atoms with E-state index in [1.807, 2.05) is 0 Å². The van der Waals surface area contributed by atoms with Crippen molar-refractivity contribution in [3.63, 3.8) is 0 Å². The Labute approximate surface area is 101 Å². The van der Waals surface area contributed by atoms with Crippen LogP contribution in [0, 0.1) is 0 Å². The van der Waals surface area contributed by atoms with Crippen LogP contribution >= 0.6 is 0 Å². The van der Waals surface area contributed by atoms with E-state index in [-0.39, 0.29) is 11.6 Å². The summed E-state index contributed by atoms with van der Waals surface area (Å²) in [4.78, 5) is 0. The molecule has 2 rings (SSSR count). The first kappa shape index (κ1) is 12.5. The van der Waals surface area contributed by atoms with Crippen molar-refractivity contribution in [2.45, 2.75) is 36.2 Å². The highest BCUT2D eigenvalue weighted by atomic mass is 32.2. The van der Waals surface area contributed by atoms with Gasteiger partial charge in [0.25, 0.3) is 10.0 Å². The van der Waals surface area contributed by atoms with Gasteiger partial charge in [0.05, 0.1) is 18.3 Å². The number of nitrogens with one attached hydrogen (secondary N) is 1. The van der Waals surface area contributed by atoms with Crippen LogP contribution in [-0.2, 0) is 17.1 Å². The SMILES string of the molecule is Cn1nccc1S(=O)(=O)NC1(CO)CCCC1. The summed E-state index contributed by atoms with van der Waals surface area (Å²) in [6, 6.07) is 1.45. The van der Waals surface area contributed by atoms with Gasteiger partial charge in [0.1, 0.15) is 0 Å². The summed E-state index contributed by atoms with van der Waals surface area (Å²) in [7, 11) is -2.03. The molecule has 0 spiro atoms. The Morgan fingerprint density at radius 2 is 2.18 bits per heavy atom. The zero-order valence-electron chi connectivity index (χ0n) is 9.76. The van der Waals surface area contributed by atoms with E-state index >= 15 is 0 Å². The minimum absolute atomic E-state index is 0.122. The Morgan fingerprint density at radius 3 is 2.65 bits per heavy atom. The summed E-state index contributed by atoms with van der Waals surface area (Å²) < 4.78 is 28.2. The summed E-state index contributed by atoms with van der Waals surface area (Å²) in [5.74, 6) is 0. The van der Waals surface area contributed by atoms with Crippen LogP contribution in [0.4, 0.5) is 0 Å². The Kier molecular flexibility index (Phi) is 3.24. The van der Waals surface area contributed by atoms with Crippen LogP contribution in [0.2, 0.25) is 0 Å². The quantitative estimate of drug-likeness (QED) is 0.797. The molecule has 1 aromatic heterocycles. The Bertz CT molecular complexity index is 489. The molecule has 2 N–H and O–H groups in total. The average molecular weight is 259 g/mol. The van der Waals surface area contributed by atoms with E-state index in [4.69, 9.17) is 0 Å². The van der Waals surface area contributed by atoms with Crippen LogP contribution < -0.4 is 4.72 Å². The van der Waals surface area contributed by atoms with Gasteiger partial charge < -0.3 is 5.11 Å². The van der Waals surface area contributed by atoms with Gasteiger partial charge in [0.15, 0.2) is 5.03 Å². The number of hydrogen-bond acceptors (Lipinski definition) is 4. The Balaban J connectivity index is 2.26. The van der Waals surface area contributed by atoms with Crippen LogP contribution in [-0.4, -0.2) is 35.5 Å². The molecule has 1 aromatic rings. The van der Waals surface area contributed by atoms with Gasteiger partial charge in [-0.1, -0.05) is 12.8 Å². The highest BCUT2D eigenvalue weighted by molar-refractivity contribution is 7.89. The lowest BCUT2D eigenvalue weighted by molar-refractivity contribution is 0.185. The molecular formula is C10H17N3O3S. The van der Waals surface area contributed by atoms with Crippen molar-refractivity contribution in [3.8, 4) is 0 Å². The summed E-state index contributed by atoms with van der Waals surface area (Å²) in [6.45, 7) is -0.163. The van der Waals surface area contributed by atoms with Gasteiger partial charge in [-0.15, -0.1) is 0 Å². The molecule has 1 heterocycles. The number of sulfonamides is 1. The number of rotatable bonds is 4. The maximum absolute atomic E-state index is 12.2. The minimum Gasteiger partial charge on any atom is -0.394 e. The van der Waals surface area contributed by atoms with E-state index in [2.05, 4.69) is 9.82 Å². The molecule has 0 saturated heterocycles. The van der Waals surface area contributed by atoms with Gasteiger partial charge in [-0.25, -0.2) is 13.1 Å². The van der Waals surface area contributed by atoms with Gasteiger partial charge in [-0.3, -0.25) is 4.68 Å². The van der Waals surface area contributed by atoms with Crippen molar-refractivity contribution in [3.05, 3.63) is 12.3 Å². The van der Waals surface area contributed by atoms with Crippen molar-refractivity contribution in [1.82, 2.24) is 14.5 Å². The van der Waals surface area contributed by atoms with E-state index in [0.29, 0.717) is 12.8 Å². The zero-order valence-corrected chi connectivity index (χ0v) is 10.6. The van der Waals surface area contributed by atoms with Crippen molar-refractivity contribution in [2.24, 2.45) is 7.05 Å². The standard InChI is InChI=1S/C10H17N3O3S/c1-13-9(4-7-11-13)17(15,16)12-10(8-14)5-2-3-6-10/h4,7,12,14H,2-3,5-6,8H2,1H3. The third-order valence-electron chi connectivity index (χ3n) is 3.27. The first-order valence-electron chi connectivity index (χ1n) is 5.62. The first-order chi connectivity index (χ1) is 7.99. The number of aryl methyl sites for hydroxylation is 1. The largest absolute Gasteiger partial charge is 0.394 e. The fourth-order valence-electron chi connectivity index (χ4n) is 2.31. The molecule has 7 heteroatoms. The minimum atomic E-state index is -3.61. The van der Waals surface area contributed by atoms with Gasteiger partial charge in [0, 0.05) is 7.05 Å². The van der Waals surface area contributed by atoms with Gasteiger partial charge >= 0.3 is 0 Å². The number of hydrogen-bond donors (Lipinski definition) is 2. The molecule has 0 atom stereocenters. The smallest absolute Gasteiger partial charge is 0.258 e. The summed E-state index contributed by atoms with van der Waals surface area (Å²) in [5, 5.41) is 13.4. The van der Waals surface area contributed by atoms with Crippen molar-refractivity contribution < 1.29 is 13.5 Å². The van der Waals surface area contributed by atoms with Crippen molar-refractivity contribution in [2.75, 3.05) is 6.61 Å². The molecular weight excluding hydrogens is 242 g/mol. The molecule has 1 fully saturated rings. The van der Waals surface area contributed by atoms with Crippen molar-refractivity contribution >= 4 is 10.0 Å². The van der Waals surface area contributed by atoms with E-state index in [0.717, 1.165) is 12.8 Å². The van der Waals surface area contributed by atoms with Crippen LogP contribution in [0.3, 0.4) is 0 Å². The molecule has 0 unspecified atom stereocenters. The highest BCUT2D eigenvalue weighted by Gasteiger charge is 2.38. The molecule has 0 bridgehead atoms. The second kappa shape index (κ2) is 4.40. The molecule has 0 amide bonds. The lowest BCUT2D eigenvalue weighted by Crippen LogP contribution is -2.49. The maximum Gasteiger partial charge on any atom is 0.258 e. The predicted octanol–water partition coefficient (Wildman–Crippen LogP) is 0.00350. The van der Waals surface area contributed by atoms with Gasteiger partial charge in [-0.05, 0) is 18.9 Å². The fraction of sp³-hybridized carbons (Fsp3) is 0.700. The maximum atomic E-state index is 12.2. The molecule has 17 heavy (non-hydrogen) atoms. The second-order valence-electron chi connectivity index (χ2n) is 4.54. The van der Waals surface area contributed by atoms with E-state index < -0.39 is 15.6 Å². The van der Waals surface area contributed by atoms with Crippen molar-refractivity contribution in [1.29, 1.82) is 0 Å². The highest BCUT2D eigenvalue weighted by Crippen LogP contribution is 2.30. The molecule has 0 radical (unpaired) electrons. The average Bonchev–Trinajstić information content (AvgIpc) is 2.87. The van der Waals surface area contributed by atoms with E-state index in [9.17, 15) is 13.5 Å². The summed E-state index contributed by atoms with van der Waals surface area (Å²) in [5.41, 5.74) is -0.691. The molecule has 96 valence electrons. The predicted molar refractivity (Wildman–Crippen MR) is 61.8 cm³/mol. The lowest BCUT2D eigenvalue weighted by Gasteiger charge is -2.27. The number of aromatic nitrogens is 2. The van der Waals surface area contributed by atoms with Crippen LogP contribution in [0.1, 0.15) is 25.7 Å². The third kappa shape index (κ3) is 2.36.